The molecule has 0 radical (unpaired) electrons. The SMILES string of the molecule is C[C@H]1CC[C@H]2C(C)(C)C(=NN3CCOCC3)CC[C@]23Oc2c(c(O)cc4c2CNC4=O)C[C@]13C. The number of morpholine rings is 1. The molecule has 3 heterocycles. The number of benzene rings is 1. The van der Waals surface area contributed by atoms with Crippen LogP contribution in [0.2, 0.25) is 0 Å². The Hall–Kier alpha value is -2.28. The maximum absolute atomic E-state index is 12.4. The Morgan fingerprint density at radius 1 is 1.18 bits per heavy atom. The van der Waals surface area contributed by atoms with Crippen LogP contribution in [-0.2, 0) is 17.7 Å². The van der Waals surface area contributed by atoms with Crippen LogP contribution in [0.4, 0.5) is 0 Å². The predicted octanol–water partition coefficient (Wildman–Crippen LogP) is 3.87. The van der Waals surface area contributed by atoms with E-state index in [1.54, 1.807) is 6.07 Å². The lowest BCUT2D eigenvalue weighted by Crippen LogP contribution is -2.70. The van der Waals surface area contributed by atoms with Crippen LogP contribution in [0.3, 0.4) is 0 Å². The zero-order valence-corrected chi connectivity index (χ0v) is 20.9. The first-order chi connectivity index (χ1) is 16.2. The van der Waals surface area contributed by atoms with Gasteiger partial charge < -0.3 is 19.9 Å². The fraction of sp³-hybridized carbons (Fsp3) is 0.704. The lowest BCUT2D eigenvalue weighted by molar-refractivity contribution is -0.191. The molecular formula is C27H37N3O4. The Balaban J connectivity index is 1.46. The highest BCUT2D eigenvalue weighted by molar-refractivity contribution is 6.00. The number of hydrogen-bond acceptors (Lipinski definition) is 6. The molecule has 2 aliphatic carbocycles. The molecule has 2 N–H and O–H groups in total. The van der Waals surface area contributed by atoms with Crippen LogP contribution in [0.1, 0.15) is 74.9 Å². The summed E-state index contributed by atoms with van der Waals surface area (Å²) in [5.41, 5.74) is 3.06. The van der Waals surface area contributed by atoms with Gasteiger partial charge in [-0.2, -0.15) is 5.10 Å². The summed E-state index contributed by atoms with van der Waals surface area (Å²) in [6.07, 6.45) is 4.83. The Morgan fingerprint density at radius 2 is 1.94 bits per heavy atom. The van der Waals surface area contributed by atoms with E-state index in [0.717, 1.165) is 75.3 Å². The van der Waals surface area contributed by atoms with Crippen molar-refractivity contribution in [2.45, 2.75) is 71.9 Å². The first kappa shape index (κ1) is 22.2. The molecule has 7 nitrogen and oxygen atoms in total. The third-order valence-electron chi connectivity index (χ3n) is 10.1. The van der Waals surface area contributed by atoms with Crippen LogP contribution < -0.4 is 10.1 Å². The number of nitrogens with one attached hydrogen (secondary N) is 1. The van der Waals surface area contributed by atoms with Crippen molar-refractivity contribution in [1.29, 1.82) is 0 Å². The summed E-state index contributed by atoms with van der Waals surface area (Å²) < 4.78 is 12.7. The van der Waals surface area contributed by atoms with Gasteiger partial charge in [-0.3, -0.25) is 9.80 Å². The van der Waals surface area contributed by atoms with Crippen molar-refractivity contribution in [3.8, 4) is 11.5 Å². The molecule has 0 unspecified atom stereocenters. The highest BCUT2D eigenvalue weighted by atomic mass is 16.5. The molecule has 1 aromatic carbocycles. The Labute approximate surface area is 201 Å². The van der Waals surface area contributed by atoms with Crippen LogP contribution in [-0.4, -0.2) is 53.6 Å². The molecule has 0 bridgehead atoms. The van der Waals surface area contributed by atoms with E-state index in [0.29, 0.717) is 23.9 Å². The van der Waals surface area contributed by atoms with Gasteiger partial charge in [0.1, 0.15) is 17.1 Å². The number of hydrogen-bond donors (Lipinski definition) is 2. The molecule has 1 saturated heterocycles. The zero-order valence-electron chi connectivity index (χ0n) is 20.9. The number of carbonyl (C=O) groups excluding carboxylic acids is 1. The van der Waals surface area contributed by atoms with E-state index in [9.17, 15) is 9.90 Å². The number of rotatable bonds is 1. The fourth-order valence-electron chi connectivity index (χ4n) is 7.80. The zero-order chi connectivity index (χ0) is 23.9. The molecule has 1 amide bonds. The van der Waals surface area contributed by atoms with E-state index in [1.807, 2.05) is 0 Å². The number of ether oxygens (including phenoxy) is 2. The third kappa shape index (κ3) is 2.85. The number of aromatic hydroxyl groups is 1. The highest BCUT2D eigenvalue weighted by Crippen LogP contribution is 2.66. The van der Waals surface area contributed by atoms with Crippen molar-refractivity contribution in [3.63, 3.8) is 0 Å². The van der Waals surface area contributed by atoms with Crippen molar-refractivity contribution in [2.24, 2.45) is 27.8 Å². The third-order valence-corrected chi connectivity index (χ3v) is 10.1. The van der Waals surface area contributed by atoms with E-state index in [1.165, 1.54) is 5.71 Å². The molecular weight excluding hydrogens is 430 g/mol. The van der Waals surface area contributed by atoms with Gasteiger partial charge in [0.05, 0.1) is 31.9 Å². The normalized spacial score (nSPS) is 37.2. The number of hydrazone groups is 1. The van der Waals surface area contributed by atoms with Crippen LogP contribution in [0.15, 0.2) is 11.2 Å². The predicted molar refractivity (Wildman–Crippen MR) is 129 cm³/mol. The van der Waals surface area contributed by atoms with Gasteiger partial charge in [-0.15, -0.1) is 0 Å². The molecule has 184 valence electrons. The maximum atomic E-state index is 12.4. The monoisotopic (exact) mass is 467 g/mol. The number of nitrogens with zero attached hydrogens (tertiary/aromatic N) is 2. The van der Waals surface area contributed by atoms with Crippen molar-refractivity contribution in [3.05, 3.63) is 22.8 Å². The highest BCUT2D eigenvalue weighted by Gasteiger charge is 2.67. The summed E-state index contributed by atoms with van der Waals surface area (Å²) in [7, 11) is 0. The molecule has 5 aliphatic rings. The number of amides is 1. The molecule has 3 fully saturated rings. The second-order valence-electron chi connectivity index (χ2n) is 11.9. The van der Waals surface area contributed by atoms with Crippen molar-refractivity contribution in [1.82, 2.24) is 10.3 Å². The smallest absolute Gasteiger partial charge is 0.252 e. The molecule has 7 heteroatoms. The van der Waals surface area contributed by atoms with E-state index in [2.05, 4.69) is 38.0 Å². The van der Waals surface area contributed by atoms with E-state index >= 15 is 0 Å². The number of phenolic OH excluding ortho intramolecular Hbond substituents is 1. The minimum atomic E-state index is -0.349. The standard InChI is InChI=1S/C27H37N3O4/c1-16-5-6-21-25(2,3)22(29-30-9-11-33-12-10-30)7-8-27(21)26(16,4)14-18-20(31)13-17-19(23(18)34-27)15-28-24(17)32/h13,16,21,31H,5-12,14-15H2,1-4H3,(H,28,32)/t16-,21-,26+,27-/m0/s1. The molecule has 0 aromatic heterocycles. The second-order valence-corrected chi connectivity index (χ2v) is 11.9. The average Bonchev–Trinajstić information content (AvgIpc) is 3.17. The number of carbonyl (C=O) groups is 1. The Kier molecular flexibility index (Phi) is 4.81. The van der Waals surface area contributed by atoms with E-state index in [4.69, 9.17) is 14.6 Å². The van der Waals surface area contributed by atoms with Gasteiger partial charge in [0.25, 0.3) is 5.91 Å². The van der Waals surface area contributed by atoms with Gasteiger partial charge in [0.15, 0.2) is 0 Å². The van der Waals surface area contributed by atoms with Crippen molar-refractivity contribution in [2.75, 3.05) is 26.3 Å². The van der Waals surface area contributed by atoms with Gasteiger partial charge in [-0.05, 0) is 44.1 Å². The van der Waals surface area contributed by atoms with Crippen LogP contribution >= 0.6 is 0 Å². The average molecular weight is 468 g/mol. The summed E-state index contributed by atoms with van der Waals surface area (Å²) in [5.74, 6) is 1.61. The first-order valence-electron chi connectivity index (χ1n) is 12.9. The van der Waals surface area contributed by atoms with Gasteiger partial charge in [-0.1, -0.05) is 27.7 Å². The minimum Gasteiger partial charge on any atom is -0.508 e. The van der Waals surface area contributed by atoms with Crippen molar-refractivity contribution >= 4 is 11.6 Å². The lowest BCUT2D eigenvalue weighted by Gasteiger charge is -2.66. The summed E-state index contributed by atoms with van der Waals surface area (Å²) in [5, 5.41) is 21.2. The molecule has 2 saturated carbocycles. The minimum absolute atomic E-state index is 0.105. The molecule has 3 aliphatic heterocycles. The summed E-state index contributed by atoms with van der Waals surface area (Å²) in [6.45, 7) is 13.1. The van der Waals surface area contributed by atoms with Crippen LogP contribution in [0.25, 0.3) is 0 Å². The van der Waals surface area contributed by atoms with E-state index < -0.39 is 0 Å². The fourth-order valence-corrected chi connectivity index (χ4v) is 7.80. The van der Waals surface area contributed by atoms with Gasteiger partial charge >= 0.3 is 0 Å². The van der Waals surface area contributed by atoms with Gasteiger partial charge in [0.2, 0.25) is 0 Å². The lowest BCUT2D eigenvalue weighted by atomic mass is 9.44. The second kappa shape index (κ2) is 7.36. The van der Waals surface area contributed by atoms with Gasteiger partial charge in [-0.25, -0.2) is 0 Å². The molecule has 4 atom stereocenters. The van der Waals surface area contributed by atoms with Gasteiger partial charge in [0, 0.05) is 40.1 Å². The molecule has 1 aromatic rings. The summed E-state index contributed by atoms with van der Waals surface area (Å²) >= 11 is 0. The molecule has 1 spiro atoms. The van der Waals surface area contributed by atoms with Crippen LogP contribution in [0, 0.1) is 22.7 Å². The largest absolute Gasteiger partial charge is 0.508 e. The quantitative estimate of drug-likeness (QED) is 0.655. The van der Waals surface area contributed by atoms with Crippen LogP contribution in [0.5, 0.6) is 11.5 Å². The maximum Gasteiger partial charge on any atom is 0.252 e. The molecule has 34 heavy (non-hydrogen) atoms. The van der Waals surface area contributed by atoms with E-state index in [-0.39, 0.29) is 28.1 Å². The topological polar surface area (TPSA) is 83.4 Å². The molecule has 6 rings (SSSR count). The number of phenols is 1. The van der Waals surface area contributed by atoms with Crippen molar-refractivity contribution < 1.29 is 19.4 Å². The summed E-state index contributed by atoms with van der Waals surface area (Å²) in [4.78, 5) is 12.4. The Morgan fingerprint density at radius 3 is 2.71 bits per heavy atom. The first-order valence-corrected chi connectivity index (χ1v) is 12.9. The Bertz CT molecular complexity index is 1080. The number of fused-ring (bicyclic) bond motifs is 3. The summed E-state index contributed by atoms with van der Waals surface area (Å²) in [6, 6.07) is 1.64.